The molecule has 0 aliphatic carbocycles. The van der Waals surface area contributed by atoms with Gasteiger partial charge >= 0.3 is 0 Å². The molecule has 4 N–H and O–H groups in total. The Balaban J connectivity index is 2.28. The monoisotopic (exact) mass is 264 g/mol. The number of anilines is 2. The highest BCUT2D eigenvalue weighted by Crippen LogP contribution is 2.36. The van der Waals surface area contributed by atoms with E-state index in [2.05, 4.69) is 14.7 Å². The van der Waals surface area contributed by atoms with Gasteiger partial charge in [-0.2, -0.15) is 4.37 Å². The lowest BCUT2D eigenvalue weighted by Crippen LogP contribution is -2.29. The lowest BCUT2D eigenvalue weighted by Gasteiger charge is -2.18. The first-order valence-corrected chi connectivity index (χ1v) is 6.36. The van der Waals surface area contributed by atoms with Crippen LogP contribution in [0.15, 0.2) is 24.5 Å². The molecule has 96 valence electrons. The summed E-state index contributed by atoms with van der Waals surface area (Å²) in [6.07, 6.45) is 3.46. The molecule has 0 amide bonds. The first-order chi connectivity index (χ1) is 8.47. The molecule has 0 saturated heterocycles. The zero-order chi connectivity index (χ0) is 13.2. The Labute approximate surface area is 110 Å². The van der Waals surface area contributed by atoms with Crippen LogP contribution >= 0.6 is 11.5 Å². The van der Waals surface area contributed by atoms with Gasteiger partial charge < -0.3 is 16.2 Å². The summed E-state index contributed by atoms with van der Waals surface area (Å²) < 4.78 is 4.14. The Hall–Kier alpha value is -1.66. The summed E-state index contributed by atoms with van der Waals surface area (Å²) in [5.41, 5.74) is 6.86. The van der Waals surface area contributed by atoms with Gasteiger partial charge in [0.2, 0.25) is 0 Å². The maximum absolute atomic E-state index is 9.73. The van der Waals surface area contributed by atoms with Gasteiger partial charge in [0.25, 0.3) is 0 Å². The SMILES string of the molecule is CC(C)(O)CNc1snc(N)c1-c1cccnc1. The van der Waals surface area contributed by atoms with E-state index in [-0.39, 0.29) is 0 Å². The maximum atomic E-state index is 9.73. The molecular weight excluding hydrogens is 248 g/mol. The van der Waals surface area contributed by atoms with Crippen molar-refractivity contribution in [3.05, 3.63) is 24.5 Å². The van der Waals surface area contributed by atoms with E-state index in [1.54, 1.807) is 26.2 Å². The number of aliphatic hydroxyl groups is 1. The molecule has 0 spiro atoms. The van der Waals surface area contributed by atoms with Crippen LogP contribution in [0.4, 0.5) is 10.8 Å². The lowest BCUT2D eigenvalue weighted by molar-refractivity contribution is 0.0946. The summed E-state index contributed by atoms with van der Waals surface area (Å²) in [6, 6.07) is 3.79. The van der Waals surface area contributed by atoms with Crippen molar-refractivity contribution in [3.8, 4) is 11.1 Å². The molecule has 0 fully saturated rings. The van der Waals surface area contributed by atoms with E-state index in [0.717, 1.165) is 16.1 Å². The van der Waals surface area contributed by atoms with E-state index in [0.29, 0.717) is 12.4 Å². The number of hydrogen-bond acceptors (Lipinski definition) is 6. The van der Waals surface area contributed by atoms with Crippen LogP contribution < -0.4 is 11.1 Å². The summed E-state index contributed by atoms with van der Waals surface area (Å²) in [7, 11) is 0. The molecule has 2 aromatic rings. The molecule has 0 bridgehead atoms. The minimum Gasteiger partial charge on any atom is -0.389 e. The largest absolute Gasteiger partial charge is 0.389 e. The molecule has 2 aromatic heterocycles. The van der Waals surface area contributed by atoms with E-state index in [9.17, 15) is 5.11 Å². The smallest absolute Gasteiger partial charge is 0.147 e. The fourth-order valence-electron chi connectivity index (χ4n) is 1.51. The Kier molecular flexibility index (Phi) is 3.49. The predicted octanol–water partition coefficient (Wildman–Crippen LogP) is 1.97. The molecule has 0 atom stereocenters. The molecule has 0 unspecified atom stereocenters. The molecule has 0 radical (unpaired) electrons. The van der Waals surface area contributed by atoms with Crippen molar-refractivity contribution < 1.29 is 5.11 Å². The van der Waals surface area contributed by atoms with E-state index < -0.39 is 5.60 Å². The van der Waals surface area contributed by atoms with Crippen molar-refractivity contribution in [2.45, 2.75) is 19.4 Å². The van der Waals surface area contributed by atoms with Crippen LogP contribution in [0, 0.1) is 0 Å². The zero-order valence-electron chi connectivity index (χ0n) is 10.3. The summed E-state index contributed by atoms with van der Waals surface area (Å²) >= 11 is 1.29. The number of pyridine rings is 1. The molecule has 0 aliphatic rings. The van der Waals surface area contributed by atoms with Gasteiger partial charge in [-0.25, -0.2) is 0 Å². The van der Waals surface area contributed by atoms with Crippen LogP contribution in [0.5, 0.6) is 0 Å². The Morgan fingerprint density at radius 1 is 1.50 bits per heavy atom. The van der Waals surface area contributed by atoms with Crippen molar-refractivity contribution >= 4 is 22.4 Å². The maximum Gasteiger partial charge on any atom is 0.147 e. The topological polar surface area (TPSA) is 84.1 Å². The third-order valence-corrected chi connectivity index (χ3v) is 3.17. The summed E-state index contributed by atoms with van der Waals surface area (Å²) in [4.78, 5) is 4.08. The molecular formula is C12H16N4OS. The van der Waals surface area contributed by atoms with E-state index in [4.69, 9.17) is 5.73 Å². The molecule has 0 saturated carbocycles. The average molecular weight is 264 g/mol. The standard InChI is InChI=1S/C12H16N4OS/c1-12(2,17)7-15-11-9(10(13)16-18-11)8-4-3-5-14-6-8/h3-6,15,17H,7H2,1-2H3,(H2,13,16). The van der Waals surface area contributed by atoms with Gasteiger partial charge in [-0.1, -0.05) is 6.07 Å². The fraction of sp³-hybridized carbons (Fsp3) is 0.333. The first kappa shape index (κ1) is 12.8. The number of nitrogens with two attached hydrogens (primary N) is 1. The molecule has 2 heterocycles. The molecule has 6 heteroatoms. The van der Waals surface area contributed by atoms with Crippen molar-refractivity contribution in [2.24, 2.45) is 0 Å². The van der Waals surface area contributed by atoms with Gasteiger partial charge in [0.15, 0.2) is 0 Å². The van der Waals surface area contributed by atoms with Crippen molar-refractivity contribution in [3.63, 3.8) is 0 Å². The van der Waals surface area contributed by atoms with Gasteiger partial charge in [0.1, 0.15) is 10.8 Å². The number of nitrogen functional groups attached to an aromatic ring is 1. The van der Waals surface area contributed by atoms with Gasteiger partial charge in [-0.05, 0) is 31.4 Å². The summed E-state index contributed by atoms with van der Waals surface area (Å²) in [6.45, 7) is 3.92. The van der Waals surface area contributed by atoms with E-state index in [1.165, 1.54) is 11.5 Å². The predicted molar refractivity (Wildman–Crippen MR) is 74.5 cm³/mol. The number of aromatic nitrogens is 2. The van der Waals surface area contributed by atoms with Crippen molar-refractivity contribution in [2.75, 3.05) is 17.6 Å². The second-order valence-electron chi connectivity index (χ2n) is 4.68. The fourth-order valence-corrected chi connectivity index (χ4v) is 2.24. The number of nitrogens with zero attached hydrogens (tertiary/aromatic N) is 2. The number of hydrogen-bond donors (Lipinski definition) is 3. The number of rotatable bonds is 4. The molecule has 2 rings (SSSR count). The minimum absolute atomic E-state index is 0.432. The molecule has 5 nitrogen and oxygen atoms in total. The van der Waals surface area contributed by atoms with Gasteiger partial charge in [0.05, 0.1) is 11.2 Å². The van der Waals surface area contributed by atoms with Gasteiger partial charge in [0, 0.05) is 24.5 Å². The van der Waals surface area contributed by atoms with Crippen molar-refractivity contribution in [1.29, 1.82) is 0 Å². The van der Waals surface area contributed by atoms with Gasteiger partial charge in [-0.3, -0.25) is 4.98 Å². The third kappa shape index (κ3) is 2.96. The van der Waals surface area contributed by atoms with Crippen LogP contribution in [0.1, 0.15) is 13.8 Å². The highest BCUT2D eigenvalue weighted by Gasteiger charge is 2.17. The van der Waals surface area contributed by atoms with E-state index in [1.807, 2.05) is 12.1 Å². The molecule has 0 aromatic carbocycles. The normalized spacial score (nSPS) is 11.5. The summed E-state index contributed by atoms with van der Waals surface area (Å²) in [5, 5.41) is 13.7. The highest BCUT2D eigenvalue weighted by molar-refractivity contribution is 7.11. The van der Waals surface area contributed by atoms with Crippen molar-refractivity contribution in [1.82, 2.24) is 9.36 Å². The second kappa shape index (κ2) is 4.91. The Morgan fingerprint density at radius 3 is 2.89 bits per heavy atom. The van der Waals surface area contributed by atoms with Crippen LogP contribution in [0.25, 0.3) is 11.1 Å². The highest BCUT2D eigenvalue weighted by atomic mass is 32.1. The molecule has 18 heavy (non-hydrogen) atoms. The summed E-state index contributed by atoms with van der Waals surface area (Å²) in [5.74, 6) is 0.478. The average Bonchev–Trinajstić information content (AvgIpc) is 2.68. The number of nitrogens with one attached hydrogen (secondary N) is 1. The van der Waals surface area contributed by atoms with Crippen LogP contribution in [-0.2, 0) is 0 Å². The Bertz CT molecular complexity index is 519. The zero-order valence-corrected chi connectivity index (χ0v) is 11.2. The Morgan fingerprint density at radius 2 is 2.28 bits per heavy atom. The minimum atomic E-state index is -0.787. The third-order valence-electron chi connectivity index (χ3n) is 2.35. The first-order valence-electron chi connectivity index (χ1n) is 5.59. The van der Waals surface area contributed by atoms with E-state index >= 15 is 0 Å². The van der Waals surface area contributed by atoms with Crippen LogP contribution in [0.2, 0.25) is 0 Å². The van der Waals surface area contributed by atoms with Gasteiger partial charge in [-0.15, -0.1) is 0 Å². The van der Waals surface area contributed by atoms with Crippen LogP contribution in [0.3, 0.4) is 0 Å². The quantitative estimate of drug-likeness (QED) is 0.786. The lowest BCUT2D eigenvalue weighted by atomic mass is 10.1. The van der Waals surface area contributed by atoms with Crippen LogP contribution in [-0.4, -0.2) is 26.6 Å². The molecule has 0 aliphatic heterocycles. The second-order valence-corrected chi connectivity index (χ2v) is 5.45.